The number of urea groups is 1. The number of rotatable bonds is 6. The predicted molar refractivity (Wildman–Crippen MR) is 114 cm³/mol. The first-order chi connectivity index (χ1) is 14.0. The van der Waals surface area contributed by atoms with Gasteiger partial charge in [-0.2, -0.15) is 0 Å². The summed E-state index contributed by atoms with van der Waals surface area (Å²) in [7, 11) is 1.69. The summed E-state index contributed by atoms with van der Waals surface area (Å²) in [6.45, 7) is 9.92. The van der Waals surface area contributed by atoms with Crippen molar-refractivity contribution in [3.05, 3.63) is 52.5 Å². The first-order valence-electron chi connectivity index (χ1n) is 10.2. The number of hydrogen-bond donors (Lipinski definition) is 1. The molecule has 1 aliphatic rings. The lowest BCUT2D eigenvalue weighted by molar-refractivity contribution is 0.180. The minimum Gasteiger partial charge on any atom is -0.378 e. The van der Waals surface area contributed by atoms with Crippen LogP contribution in [0.3, 0.4) is 0 Å². The highest BCUT2D eigenvalue weighted by molar-refractivity contribution is 5.74. The molecule has 0 radical (unpaired) electrons. The van der Waals surface area contributed by atoms with Crippen LogP contribution in [0.2, 0.25) is 0 Å². The van der Waals surface area contributed by atoms with E-state index in [1.54, 1.807) is 7.11 Å². The van der Waals surface area contributed by atoms with Crippen LogP contribution in [0.5, 0.6) is 0 Å². The third-order valence-electron chi connectivity index (χ3n) is 5.12. The van der Waals surface area contributed by atoms with Gasteiger partial charge < -0.3 is 19.9 Å². The van der Waals surface area contributed by atoms with Crippen molar-refractivity contribution in [3.8, 4) is 0 Å². The van der Waals surface area contributed by atoms with Gasteiger partial charge in [-0.1, -0.05) is 29.8 Å². The van der Waals surface area contributed by atoms with E-state index in [0.29, 0.717) is 26.2 Å². The molecule has 29 heavy (non-hydrogen) atoms. The molecule has 1 N–H and O–H groups in total. The molecule has 7 heteroatoms. The van der Waals surface area contributed by atoms with E-state index in [1.807, 2.05) is 18.7 Å². The second-order valence-corrected chi connectivity index (χ2v) is 7.43. The SMILES string of the molecule is CCNC(=O)N1CCN(c2nc(C)nc(COC)c2Cc2cccc(C)c2)CC1. The number of carbonyl (C=O) groups is 1. The van der Waals surface area contributed by atoms with Crippen LogP contribution in [-0.2, 0) is 17.8 Å². The zero-order chi connectivity index (χ0) is 20.8. The van der Waals surface area contributed by atoms with Gasteiger partial charge in [-0.25, -0.2) is 14.8 Å². The smallest absolute Gasteiger partial charge is 0.317 e. The van der Waals surface area contributed by atoms with E-state index in [4.69, 9.17) is 9.72 Å². The van der Waals surface area contributed by atoms with Crippen molar-refractivity contribution in [1.29, 1.82) is 0 Å². The molecule has 7 nitrogen and oxygen atoms in total. The van der Waals surface area contributed by atoms with Crippen molar-refractivity contribution in [2.45, 2.75) is 33.8 Å². The standard InChI is InChI=1S/C22H31N5O2/c1-5-23-22(28)27-11-9-26(10-12-27)21-19(14-18-8-6-7-16(2)13-18)20(15-29-4)24-17(3)25-21/h6-8,13H,5,9-12,14-15H2,1-4H3,(H,23,28). The van der Waals surface area contributed by atoms with Gasteiger partial charge in [0.2, 0.25) is 0 Å². The highest BCUT2D eigenvalue weighted by atomic mass is 16.5. The number of benzene rings is 1. The summed E-state index contributed by atoms with van der Waals surface area (Å²) in [4.78, 5) is 25.7. The third kappa shape index (κ3) is 5.23. The lowest BCUT2D eigenvalue weighted by Gasteiger charge is -2.36. The summed E-state index contributed by atoms with van der Waals surface area (Å²) in [5, 5.41) is 2.88. The molecule has 1 saturated heterocycles. The molecule has 2 aromatic rings. The fourth-order valence-corrected chi connectivity index (χ4v) is 3.75. The van der Waals surface area contributed by atoms with Crippen LogP contribution in [-0.4, -0.2) is 60.7 Å². The molecule has 3 rings (SSSR count). The molecule has 0 saturated carbocycles. The number of methoxy groups -OCH3 is 1. The molecule has 156 valence electrons. The van der Waals surface area contributed by atoms with Gasteiger partial charge in [-0.3, -0.25) is 0 Å². The quantitative estimate of drug-likeness (QED) is 0.812. The largest absolute Gasteiger partial charge is 0.378 e. The monoisotopic (exact) mass is 397 g/mol. The minimum absolute atomic E-state index is 0.00562. The molecule has 1 aromatic heterocycles. The van der Waals surface area contributed by atoms with Gasteiger partial charge in [-0.15, -0.1) is 0 Å². The Labute approximate surface area is 173 Å². The Morgan fingerprint density at radius 1 is 1.17 bits per heavy atom. The van der Waals surface area contributed by atoms with E-state index in [0.717, 1.165) is 42.4 Å². The van der Waals surface area contributed by atoms with E-state index >= 15 is 0 Å². The normalized spacial score (nSPS) is 14.2. The zero-order valence-electron chi connectivity index (χ0n) is 17.9. The van der Waals surface area contributed by atoms with Crippen LogP contribution in [0.15, 0.2) is 24.3 Å². The van der Waals surface area contributed by atoms with Gasteiger partial charge in [0, 0.05) is 51.8 Å². The summed E-state index contributed by atoms with van der Waals surface area (Å²) in [6, 6.07) is 8.53. The van der Waals surface area contributed by atoms with E-state index in [1.165, 1.54) is 11.1 Å². The average molecular weight is 398 g/mol. The molecule has 1 fully saturated rings. The maximum atomic E-state index is 12.1. The zero-order valence-corrected chi connectivity index (χ0v) is 17.9. The van der Waals surface area contributed by atoms with Gasteiger partial charge >= 0.3 is 6.03 Å². The van der Waals surface area contributed by atoms with E-state index in [2.05, 4.69) is 46.4 Å². The van der Waals surface area contributed by atoms with E-state index in [9.17, 15) is 4.79 Å². The van der Waals surface area contributed by atoms with Crippen LogP contribution in [0.4, 0.5) is 10.6 Å². The summed E-state index contributed by atoms with van der Waals surface area (Å²) in [5.74, 6) is 1.70. The van der Waals surface area contributed by atoms with Crippen molar-refractivity contribution in [2.24, 2.45) is 0 Å². The van der Waals surface area contributed by atoms with Crippen LogP contribution < -0.4 is 10.2 Å². The maximum Gasteiger partial charge on any atom is 0.317 e. The lowest BCUT2D eigenvalue weighted by Crippen LogP contribution is -2.52. The van der Waals surface area contributed by atoms with E-state index < -0.39 is 0 Å². The minimum atomic E-state index is 0.00562. The average Bonchev–Trinajstić information content (AvgIpc) is 2.70. The Balaban J connectivity index is 1.88. The summed E-state index contributed by atoms with van der Waals surface area (Å²) in [6.07, 6.45) is 0.756. The number of aromatic nitrogens is 2. The van der Waals surface area contributed by atoms with Gasteiger partial charge in [0.1, 0.15) is 11.6 Å². The van der Waals surface area contributed by atoms with Crippen molar-refractivity contribution in [3.63, 3.8) is 0 Å². The van der Waals surface area contributed by atoms with Crippen LogP contribution in [0.1, 0.15) is 35.1 Å². The van der Waals surface area contributed by atoms with Crippen molar-refractivity contribution in [1.82, 2.24) is 20.2 Å². The van der Waals surface area contributed by atoms with E-state index in [-0.39, 0.29) is 6.03 Å². The second-order valence-electron chi connectivity index (χ2n) is 7.43. The molecule has 0 unspecified atom stereocenters. The second kappa shape index (κ2) is 9.69. The molecule has 0 bridgehead atoms. The number of carbonyl (C=O) groups excluding carboxylic acids is 1. The van der Waals surface area contributed by atoms with Gasteiger partial charge in [0.05, 0.1) is 12.3 Å². The molecule has 0 atom stereocenters. The summed E-state index contributed by atoms with van der Waals surface area (Å²) >= 11 is 0. The van der Waals surface area contributed by atoms with Gasteiger partial charge in [0.25, 0.3) is 0 Å². The Morgan fingerprint density at radius 2 is 1.93 bits per heavy atom. The van der Waals surface area contributed by atoms with Crippen LogP contribution in [0.25, 0.3) is 0 Å². The molecule has 2 amide bonds. The highest BCUT2D eigenvalue weighted by Crippen LogP contribution is 2.26. The number of anilines is 1. The number of nitrogens with one attached hydrogen (secondary N) is 1. The molecule has 0 spiro atoms. The summed E-state index contributed by atoms with van der Waals surface area (Å²) < 4.78 is 5.43. The molecule has 1 aliphatic heterocycles. The fourth-order valence-electron chi connectivity index (χ4n) is 3.75. The summed E-state index contributed by atoms with van der Waals surface area (Å²) in [5.41, 5.74) is 4.51. The number of aryl methyl sites for hydroxylation is 2. The number of piperazine rings is 1. The number of nitrogens with zero attached hydrogens (tertiary/aromatic N) is 4. The Bertz CT molecular complexity index is 847. The van der Waals surface area contributed by atoms with Gasteiger partial charge in [-0.05, 0) is 26.3 Å². The Morgan fingerprint density at radius 3 is 2.59 bits per heavy atom. The molecular weight excluding hydrogens is 366 g/mol. The number of hydrogen-bond acceptors (Lipinski definition) is 5. The topological polar surface area (TPSA) is 70.6 Å². The molecule has 2 heterocycles. The maximum absolute atomic E-state index is 12.1. The highest BCUT2D eigenvalue weighted by Gasteiger charge is 2.25. The fraction of sp³-hybridized carbons (Fsp3) is 0.500. The number of amides is 2. The third-order valence-corrected chi connectivity index (χ3v) is 5.12. The molecule has 1 aromatic carbocycles. The van der Waals surface area contributed by atoms with Crippen molar-refractivity contribution in [2.75, 3.05) is 44.7 Å². The molecular formula is C22H31N5O2. The Kier molecular flexibility index (Phi) is 7.04. The number of ether oxygens (including phenoxy) is 1. The van der Waals surface area contributed by atoms with Crippen molar-refractivity contribution < 1.29 is 9.53 Å². The van der Waals surface area contributed by atoms with Gasteiger partial charge in [0.15, 0.2) is 0 Å². The van der Waals surface area contributed by atoms with Crippen molar-refractivity contribution >= 4 is 11.8 Å². The predicted octanol–water partition coefficient (Wildman–Crippen LogP) is 2.68. The first kappa shape index (κ1) is 21.0. The van der Waals surface area contributed by atoms with Crippen LogP contribution >= 0.6 is 0 Å². The van der Waals surface area contributed by atoms with Crippen LogP contribution in [0, 0.1) is 13.8 Å². The lowest BCUT2D eigenvalue weighted by atomic mass is 10.0. The Hall–Kier alpha value is -2.67. The first-order valence-corrected chi connectivity index (χ1v) is 10.2. The molecule has 0 aliphatic carbocycles.